The lowest BCUT2D eigenvalue weighted by Crippen LogP contribution is -2.14. The average Bonchev–Trinajstić information content (AvgIpc) is 3.09. The molecule has 0 radical (unpaired) electrons. The summed E-state index contributed by atoms with van der Waals surface area (Å²) in [6.45, 7) is 0. The van der Waals surface area contributed by atoms with Gasteiger partial charge in [-0.1, -0.05) is 0 Å². The number of ether oxygens (including phenoxy) is 1. The van der Waals surface area contributed by atoms with Crippen LogP contribution in [0.5, 0.6) is 11.5 Å². The second-order valence-electron chi connectivity index (χ2n) is 5.61. The Kier molecular flexibility index (Phi) is 5.91. The summed E-state index contributed by atoms with van der Waals surface area (Å²) in [6, 6.07) is 12.3. The van der Waals surface area contributed by atoms with Crippen molar-refractivity contribution < 1.29 is 33.0 Å². The summed E-state index contributed by atoms with van der Waals surface area (Å²) in [4.78, 5) is 22.4. The summed E-state index contributed by atoms with van der Waals surface area (Å²) in [5, 5.41) is 18.3. The van der Waals surface area contributed by atoms with Crippen LogP contribution in [0.3, 0.4) is 0 Å². The number of sulfonamides is 1. The number of halogens is 1. The van der Waals surface area contributed by atoms with Crippen LogP contribution in [-0.4, -0.2) is 30.6 Å². The van der Waals surface area contributed by atoms with Crippen molar-refractivity contribution in [2.45, 2.75) is 4.21 Å². The van der Waals surface area contributed by atoms with Gasteiger partial charge in [0.2, 0.25) is 0 Å². The lowest BCUT2D eigenvalue weighted by Gasteiger charge is -2.12. The monoisotopic (exact) mass is 497 g/mol. The summed E-state index contributed by atoms with van der Waals surface area (Å²) in [5.41, 5.74) is -0.339. The van der Waals surface area contributed by atoms with Crippen molar-refractivity contribution in [3.63, 3.8) is 0 Å². The maximum atomic E-state index is 12.5. The van der Waals surface area contributed by atoms with E-state index >= 15 is 0 Å². The molecule has 0 aliphatic heterocycles. The van der Waals surface area contributed by atoms with Gasteiger partial charge in [0, 0.05) is 6.07 Å². The van der Waals surface area contributed by atoms with Crippen LogP contribution < -0.4 is 9.46 Å². The van der Waals surface area contributed by atoms with Crippen molar-refractivity contribution in [3.8, 4) is 11.5 Å². The van der Waals surface area contributed by atoms with Gasteiger partial charge in [0.25, 0.3) is 10.0 Å². The van der Waals surface area contributed by atoms with Crippen LogP contribution in [0.1, 0.15) is 20.7 Å². The molecule has 29 heavy (non-hydrogen) atoms. The number of nitrogens with one attached hydrogen (secondary N) is 1. The second kappa shape index (κ2) is 8.23. The average molecular weight is 498 g/mol. The first-order valence-electron chi connectivity index (χ1n) is 7.82. The van der Waals surface area contributed by atoms with Crippen LogP contribution in [-0.2, 0) is 10.0 Å². The highest BCUT2D eigenvalue weighted by Crippen LogP contribution is 2.31. The first-order chi connectivity index (χ1) is 13.7. The van der Waals surface area contributed by atoms with Crippen LogP contribution >= 0.6 is 27.3 Å². The maximum Gasteiger partial charge on any atom is 0.337 e. The minimum Gasteiger partial charge on any atom is -0.478 e. The number of carbonyl (C=O) groups is 2. The minimum atomic E-state index is -4.00. The SMILES string of the molecule is O=C(O)c1ccc(Oc2ccc(C(=O)O)c(NS(=O)(=O)c3ccc(Br)s3)c2)cc1. The van der Waals surface area contributed by atoms with Crippen LogP contribution in [0.4, 0.5) is 5.69 Å². The van der Waals surface area contributed by atoms with Gasteiger partial charge in [-0.15, -0.1) is 11.3 Å². The predicted molar refractivity (Wildman–Crippen MR) is 110 cm³/mol. The number of hydrogen-bond donors (Lipinski definition) is 3. The zero-order valence-corrected chi connectivity index (χ0v) is 17.5. The molecule has 0 saturated carbocycles. The third-order valence-corrected chi connectivity index (χ3v) is 7.10. The minimum absolute atomic E-state index is 0.0105. The Hall–Kier alpha value is -2.89. The molecule has 0 atom stereocenters. The first-order valence-corrected chi connectivity index (χ1v) is 10.9. The summed E-state index contributed by atoms with van der Waals surface area (Å²) >= 11 is 4.16. The molecule has 3 aromatic rings. The fourth-order valence-electron chi connectivity index (χ4n) is 2.30. The Labute approximate surface area is 177 Å². The lowest BCUT2D eigenvalue weighted by atomic mass is 10.1. The smallest absolute Gasteiger partial charge is 0.337 e. The first kappa shape index (κ1) is 20.8. The Morgan fingerprint density at radius 2 is 1.59 bits per heavy atom. The van der Waals surface area contributed by atoms with Gasteiger partial charge in [0.1, 0.15) is 15.7 Å². The van der Waals surface area contributed by atoms with Crippen molar-refractivity contribution in [2.75, 3.05) is 4.72 Å². The van der Waals surface area contributed by atoms with E-state index < -0.39 is 22.0 Å². The normalized spacial score (nSPS) is 11.1. The Bertz CT molecular complexity index is 1190. The highest BCUT2D eigenvalue weighted by Gasteiger charge is 2.21. The Morgan fingerprint density at radius 3 is 2.14 bits per heavy atom. The van der Waals surface area contributed by atoms with E-state index in [0.29, 0.717) is 9.54 Å². The van der Waals surface area contributed by atoms with Crippen LogP contribution in [0.25, 0.3) is 0 Å². The summed E-state index contributed by atoms with van der Waals surface area (Å²) in [5.74, 6) is -1.93. The zero-order chi connectivity index (χ0) is 21.2. The fourth-order valence-corrected chi connectivity index (χ4v) is 5.38. The van der Waals surface area contributed by atoms with Gasteiger partial charge >= 0.3 is 11.9 Å². The molecule has 0 saturated heterocycles. The van der Waals surface area contributed by atoms with Crippen molar-refractivity contribution in [1.82, 2.24) is 0 Å². The number of aromatic carboxylic acids is 2. The third-order valence-electron chi connectivity index (χ3n) is 3.62. The fraction of sp³-hybridized carbons (Fsp3) is 0. The predicted octanol–water partition coefficient (Wildman–Crippen LogP) is 4.50. The van der Waals surface area contributed by atoms with Crippen molar-refractivity contribution >= 4 is 54.9 Å². The van der Waals surface area contributed by atoms with E-state index in [1.54, 1.807) is 6.07 Å². The van der Waals surface area contributed by atoms with Gasteiger partial charge in [-0.2, -0.15) is 0 Å². The topological polar surface area (TPSA) is 130 Å². The van der Waals surface area contributed by atoms with E-state index in [9.17, 15) is 23.1 Å². The molecule has 8 nitrogen and oxygen atoms in total. The molecule has 1 heterocycles. The molecule has 0 bridgehead atoms. The molecule has 0 amide bonds. The zero-order valence-electron chi connectivity index (χ0n) is 14.3. The molecular formula is C18H12BrNO7S2. The summed E-state index contributed by atoms with van der Waals surface area (Å²) in [7, 11) is -4.00. The van der Waals surface area contributed by atoms with Crippen molar-refractivity contribution in [1.29, 1.82) is 0 Å². The molecular weight excluding hydrogens is 486 g/mol. The quantitative estimate of drug-likeness (QED) is 0.437. The van der Waals surface area contributed by atoms with E-state index in [1.165, 1.54) is 48.5 Å². The van der Waals surface area contributed by atoms with Crippen molar-refractivity contribution in [2.24, 2.45) is 0 Å². The van der Waals surface area contributed by atoms with Crippen LogP contribution in [0, 0.1) is 0 Å². The largest absolute Gasteiger partial charge is 0.478 e. The molecule has 0 aliphatic rings. The van der Waals surface area contributed by atoms with E-state index in [1.807, 2.05) is 0 Å². The molecule has 3 N–H and O–H groups in total. The van der Waals surface area contributed by atoms with E-state index in [-0.39, 0.29) is 26.8 Å². The molecule has 11 heteroatoms. The number of rotatable bonds is 7. The maximum absolute atomic E-state index is 12.5. The molecule has 0 unspecified atom stereocenters. The summed E-state index contributed by atoms with van der Waals surface area (Å²) < 4.78 is 33.6. The Balaban J connectivity index is 1.91. The van der Waals surface area contributed by atoms with Gasteiger partial charge in [-0.05, 0) is 64.5 Å². The van der Waals surface area contributed by atoms with E-state index in [2.05, 4.69) is 20.7 Å². The molecule has 0 spiro atoms. The van der Waals surface area contributed by atoms with Gasteiger partial charge in [0.05, 0.1) is 20.6 Å². The number of anilines is 1. The number of benzene rings is 2. The third kappa shape index (κ3) is 4.94. The number of thiophene rings is 1. The van der Waals surface area contributed by atoms with Gasteiger partial charge in [-0.25, -0.2) is 18.0 Å². The highest BCUT2D eigenvalue weighted by atomic mass is 79.9. The molecule has 0 aliphatic carbocycles. The summed E-state index contributed by atoms with van der Waals surface area (Å²) in [6.07, 6.45) is 0. The number of carboxylic acid groups (broad SMARTS) is 2. The number of hydrogen-bond acceptors (Lipinski definition) is 6. The molecule has 0 fully saturated rings. The second-order valence-corrected chi connectivity index (χ2v) is 9.98. The molecule has 2 aromatic carbocycles. The number of carboxylic acids is 2. The van der Waals surface area contributed by atoms with Crippen LogP contribution in [0.15, 0.2) is 62.6 Å². The van der Waals surface area contributed by atoms with Crippen LogP contribution in [0.2, 0.25) is 0 Å². The van der Waals surface area contributed by atoms with Crippen molar-refractivity contribution in [3.05, 3.63) is 69.5 Å². The standard InChI is InChI=1S/C18H12BrNO7S2/c19-15-7-8-16(28-15)29(25,26)20-14-9-12(5-6-13(14)18(23)24)27-11-3-1-10(2-4-11)17(21)22/h1-9,20H,(H,21,22)(H,23,24). The molecule has 3 rings (SSSR count). The molecule has 1 aromatic heterocycles. The highest BCUT2D eigenvalue weighted by molar-refractivity contribution is 9.11. The molecule has 150 valence electrons. The lowest BCUT2D eigenvalue weighted by molar-refractivity contribution is 0.0686. The van der Waals surface area contributed by atoms with Gasteiger partial charge < -0.3 is 14.9 Å². The van der Waals surface area contributed by atoms with E-state index in [4.69, 9.17) is 9.84 Å². The van der Waals surface area contributed by atoms with Gasteiger partial charge in [-0.3, -0.25) is 4.72 Å². The Morgan fingerprint density at radius 1 is 0.931 bits per heavy atom. The van der Waals surface area contributed by atoms with Gasteiger partial charge in [0.15, 0.2) is 0 Å². The van der Waals surface area contributed by atoms with E-state index in [0.717, 1.165) is 11.3 Å².